The lowest BCUT2D eigenvalue weighted by molar-refractivity contribution is -0.148. The Kier molecular flexibility index (Phi) is 8.34. The van der Waals surface area contributed by atoms with Crippen molar-refractivity contribution < 1.29 is 24.2 Å². The van der Waals surface area contributed by atoms with E-state index in [1.165, 1.54) is 7.11 Å². The molecular weight excluding hydrogens is 408 g/mol. The molecule has 1 aromatic heterocycles. The van der Waals surface area contributed by atoms with Gasteiger partial charge in [-0.1, -0.05) is 47.6 Å². The number of oxime groups is 1. The van der Waals surface area contributed by atoms with Gasteiger partial charge in [-0.2, -0.15) is 0 Å². The minimum absolute atomic E-state index is 0.298. The first-order valence-corrected chi connectivity index (χ1v) is 10.2. The van der Waals surface area contributed by atoms with E-state index in [1.54, 1.807) is 18.3 Å². The van der Waals surface area contributed by atoms with Crippen LogP contribution in [0.4, 0.5) is 0 Å². The van der Waals surface area contributed by atoms with Gasteiger partial charge in [-0.05, 0) is 42.3 Å². The number of carbonyl (C=O) groups is 1. The van der Waals surface area contributed by atoms with E-state index in [-0.39, 0.29) is 0 Å². The van der Waals surface area contributed by atoms with E-state index >= 15 is 0 Å². The summed E-state index contributed by atoms with van der Waals surface area (Å²) in [6, 6.07) is 21.1. The van der Waals surface area contributed by atoms with E-state index in [1.807, 2.05) is 61.5 Å². The summed E-state index contributed by atoms with van der Waals surface area (Å²) in [5.41, 5.74) is 4.57. The predicted octanol–water partition coefficient (Wildman–Crippen LogP) is 4.21. The molecule has 0 radical (unpaired) electrons. The quantitative estimate of drug-likeness (QED) is 0.276. The summed E-state index contributed by atoms with van der Waals surface area (Å²) in [6.45, 7) is 2.53. The molecule has 3 aromatic rings. The molecule has 3 rings (SSSR count). The number of carboxylic acids is 1. The first-order valence-electron chi connectivity index (χ1n) is 10.2. The van der Waals surface area contributed by atoms with Gasteiger partial charge in [0.2, 0.25) is 0 Å². The van der Waals surface area contributed by atoms with Crippen molar-refractivity contribution in [2.24, 2.45) is 5.16 Å². The Morgan fingerprint density at radius 1 is 1.03 bits per heavy atom. The highest BCUT2D eigenvalue weighted by Gasteiger charge is 2.16. The van der Waals surface area contributed by atoms with Gasteiger partial charge in [0.25, 0.3) is 0 Å². The van der Waals surface area contributed by atoms with Gasteiger partial charge in [-0.3, -0.25) is 4.98 Å². The highest BCUT2D eigenvalue weighted by Crippen LogP contribution is 2.17. The fourth-order valence-corrected chi connectivity index (χ4v) is 3.01. The molecule has 0 spiro atoms. The molecule has 32 heavy (non-hydrogen) atoms. The zero-order valence-electron chi connectivity index (χ0n) is 18.1. The van der Waals surface area contributed by atoms with E-state index in [4.69, 9.17) is 19.4 Å². The molecule has 0 aliphatic rings. The molecule has 2 aromatic carbocycles. The maximum atomic E-state index is 11.0. The number of pyridine rings is 1. The third-order valence-electron chi connectivity index (χ3n) is 4.81. The fourth-order valence-electron chi connectivity index (χ4n) is 3.01. The number of carboxylic acid groups (broad SMARTS) is 1. The molecule has 166 valence electrons. The van der Waals surface area contributed by atoms with E-state index in [0.29, 0.717) is 25.4 Å². The first-order chi connectivity index (χ1) is 15.6. The van der Waals surface area contributed by atoms with Crippen LogP contribution in [0.25, 0.3) is 11.3 Å². The van der Waals surface area contributed by atoms with E-state index in [0.717, 1.165) is 28.1 Å². The van der Waals surface area contributed by atoms with Crippen molar-refractivity contribution in [2.45, 2.75) is 19.4 Å². The van der Waals surface area contributed by atoms with Gasteiger partial charge in [0.05, 0.1) is 11.4 Å². The van der Waals surface area contributed by atoms with Crippen LogP contribution in [0.15, 0.2) is 78.1 Å². The summed E-state index contributed by atoms with van der Waals surface area (Å²) in [7, 11) is 1.39. The maximum Gasteiger partial charge on any atom is 0.333 e. The van der Waals surface area contributed by atoms with Crippen LogP contribution >= 0.6 is 0 Å². The molecular formula is C25H26N2O5. The molecule has 0 bridgehead atoms. The SMILES string of the molecule is COC(Cc1ccc(OCCO/N=C(/C)c2ccc(-c3ccccn3)cc2)cc1)C(=O)O. The van der Waals surface area contributed by atoms with Crippen molar-refractivity contribution in [3.63, 3.8) is 0 Å². The number of hydrogen-bond donors (Lipinski definition) is 1. The summed E-state index contributed by atoms with van der Waals surface area (Å²) in [6.07, 6.45) is 1.21. The molecule has 0 saturated carbocycles. The van der Waals surface area contributed by atoms with Crippen molar-refractivity contribution in [2.75, 3.05) is 20.3 Å². The third kappa shape index (κ3) is 6.65. The molecule has 1 unspecified atom stereocenters. The molecule has 7 nitrogen and oxygen atoms in total. The molecule has 0 fully saturated rings. The van der Waals surface area contributed by atoms with Crippen LogP contribution in [0.1, 0.15) is 18.1 Å². The topological polar surface area (TPSA) is 90.2 Å². The van der Waals surface area contributed by atoms with Crippen LogP contribution in [0.5, 0.6) is 5.75 Å². The summed E-state index contributed by atoms with van der Waals surface area (Å²) < 4.78 is 10.6. The van der Waals surface area contributed by atoms with Crippen LogP contribution in [0.3, 0.4) is 0 Å². The lowest BCUT2D eigenvalue weighted by atomic mass is 10.1. The minimum Gasteiger partial charge on any atom is -0.490 e. The Bertz CT molecular complexity index is 1020. The number of aliphatic carboxylic acids is 1. The molecule has 0 aliphatic carbocycles. The number of rotatable bonds is 11. The van der Waals surface area contributed by atoms with Crippen molar-refractivity contribution in [3.8, 4) is 17.0 Å². The van der Waals surface area contributed by atoms with Crippen LogP contribution in [0, 0.1) is 0 Å². The van der Waals surface area contributed by atoms with Gasteiger partial charge >= 0.3 is 5.97 Å². The monoisotopic (exact) mass is 434 g/mol. The number of hydrogen-bond acceptors (Lipinski definition) is 6. The second-order valence-corrected chi connectivity index (χ2v) is 7.06. The summed E-state index contributed by atoms with van der Waals surface area (Å²) in [5.74, 6) is -0.308. The standard InChI is InChI=1S/C25H26N2O5/c1-18(20-8-10-21(11-9-20)23-5-3-4-14-26-23)27-32-16-15-31-22-12-6-19(7-13-22)17-24(30-2)25(28)29/h3-14,24H,15-17H2,1-2H3,(H,28,29)/b27-18-. The van der Waals surface area contributed by atoms with Crippen molar-refractivity contribution in [3.05, 3.63) is 84.1 Å². The predicted molar refractivity (Wildman–Crippen MR) is 122 cm³/mol. The lowest BCUT2D eigenvalue weighted by Crippen LogP contribution is -2.24. The Labute approximate surface area is 187 Å². The number of methoxy groups -OCH3 is 1. The van der Waals surface area contributed by atoms with Crippen molar-refractivity contribution in [1.29, 1.82) is 0 Å². The van der Waals surface area contributed by atoms with Crippen molar-refractivity contribution in [1.82, 2.24) is 4.98 Å². The van der Waals surface area contributed by atoms with Gasteiger partial charge in [0.15, 0.2) is 12.7 Å². The average Bonchev–Trinajstić information content (AvgIpc) is 2.83. The molecule has 1 N–H and O–H groups in total. The maximum absolute atomic E-state index is 11.0. The third-order valence-corrected chi connectivity index (χ3v) is 4.81. The summed E-state index contributed by atoms with van der Waals surface area (Å²) >= 11 is 0. The largest absolute Gasteiger partial charge is 0.490 e. The van der Waals surface area contributed by atoms with Gasteiger partial charge in [-0.15, -0.1) is 0 Å². The highest BCUT2D eigenvalue weighted by molar-refractivity contribution is 5.98. The molecule has 7 heteroatoms. The van der Waals surface area contributed by atoms with Gasteiger partial charge < -0.3 is 19.4 Å². The van der Waals surface area contributed by atoms with E-state index < -0.39 is 12.1 Å². The molecule has 0 saturated heterocycles. The van der Waals surface area contributed by atoms with Crippen LogP contribution in [0.2, 0.25) is 0 Å². The van der Waals surface area contributed by atoms with Crippen LogP contribution in [-0.2, 0) is 20.8 Å². The zero-order valence-corrected chi connectivity index (χ0v) is 18.1. The minimum atomic E-state index is -0.982. The number of aromatic nitrogens is 1. The Balaban J connectivity index is 1.43. The molecule has 1 heterocycles. The first kappa shape index (κ1) is 23.0. The number of ether oxygens (including phenoxy) is 2. The van der Waals surface area contributed by atoms with E-state index in [2.05, 4.69) is 10.1 Å². The van der Waals surface area contributed by atoms with Gasteiger partial charge in [0.1, 0.15) is 12.4 Å². The Morgan fingerprint density at radius 3 is 2.41 bits per heavy atom. The summed E-state index contributed by atoms with van der Waals surface area (Å²) in [5, 5.41) is 13.2. The van der Waals surface area contributed by atoms with E-state index in [9.17, 15) is 4.79 Å². The second kappa shape index (κ2) is 11.6. The fraction of sp³-hybridized carbons (Fsp3) is 0.240. The Morgan fingerprint density at radius 2 is 1.78 bits per heavy atom. The zero-order chi connectivity index (χ0) is 22.8. The second-order valence-electron chi connectivity index (χ2n) is 7.06. The van der Waals surface area contributed by atoms with Crippen LogP contribution < -0.4 is 4.74 Å². The van der Waals surface area contributed by atoms with Crippen LogP contribution in [-0.4, -0.2) is 48.2 Å². The molecule has 1 atom stereocenters. The summed E-state index contributed by atoms with van der Waals surface area (Å²) in [4.78, 5) is 20.8. The highest BCUT2D eigenvalue weighted by atomic mass is 16.6. The smallest absolute Gasteiger partial charge is 0.333 e. The number of nitrogens with zero attached hydrogens (tertiary/aromatic N) is 2. The average molecular weight is 434 g/mol. The van der Waals surface area contributed by atoms with Crippen molar-refractivity contribution >= 4 is 11.7 Å². The normalized spacial score (nSPS) is 12.2. The Hall–Kier alpha value is -3.71. The molecule has 0 amide bonds. The molecule has 0 aliphatic heterocycles. The number of benzene rings is 2. The lowest BCUT2D eigenvalue weighted by Gasteiger charge is -2.11. The van der Waals surface area contributed by atoms with Gasteiger partial charge in [-0.25, -0.2) is 4.79 Å². The van der Waals surface area contributed by atoms with Gasteiger partial charge in [0, 0.05) is 25.3 Å².